The van der Waals surface area contributed by atoms with Gasteiger partial charge in [-0.2, -0.15) is 0 Å². The van der Waals surface area contributed by atoms with Crippen LogP contribution in [0.5, 0.6) is 0 Å². The number of nitrogens with zero attached hydrogens (tertiary/aromatic N) is 1. The van der Waals surface area contributed by atoms with Gasteiger partial charge in [-0.15, -0.1) is 0 Å². The molecule has 0 saturated heterocycles. The van der Waals surface area contributed by atoms with Gasteiger partial charge in [-0.25, -0.2) is 0 Å². The first-order valence-electron chi connectivity index (χ1n) is 5.78. The van der Waals surface area contributed by atoms with E-state index in [9.17, 15) is 4.79 Å². The van der Waals surface area contributed by atoms with Crippen molar-refractivity contribution in [2.45, 2.75) is 20.3 Å². The Balaban J connectivity index is 2.22. The second kappa shape index (κ2) is 5.44. The number of rotatable bonds is 3. The van der Waals surface area contributed by atoms with Gasteiger partial charge < -0.3 is 0 Å². The number of benzene rings is 1. The fraction of sp³-hybridized carbons (Fsp3) is 0.200. The largest absolute Gasteiger partial charge is 0.292 e. The van der Waals surface area contributed by atoms with Crippen LogP contribution in [-0.4, -0.2) is 10.8 Å². The Morgan fingerprint density at radius 2 is 2.00 bits per heavy atom. The number of pyridine rings is 1. The van der Waals surface area contributed by atoms with E-state index in [1.807, 2.05) is 18.2 Å². The summed E-state index contributed by atoms with van der Waals surface area (Å²) in [6.45, 7) is 4.12. The van der Waals surface area contributed by atoms with Gasteiger partial charge in [0.05, 0.1) is 0 Å². The van der Waals surface area contributed by atoms with Crippen LogP contribution in [0.25, 0.3) is 0 Å². The summed E-state index contributed by atoms with van der Waals surface area (Å²) in [7, 11) is 0. The molecule has 0 bridgehead atoms. The second-order valence-electron chi connectivity index (χ2n) is 4.35. The highest BCUT2D eigenvalue weighted by Crippen LogP contribution is 2.17. The van der Waals surface area contributed by atoms with E-state index < -0.39 is 0 Å². The average Bonchev–Trinajstić information content (AvgIpc) is 2.34. The molecule has 0 aliphatic heterocycles. The lowest BCUT2D eigenvalue weighted by molar-refractivity contribution is 0.0987. The lowest BCUT2D eigenvalue weighted by atomic mass is 10.0. The van der Waals surface area contributed by atoms with Crippen LogP contribution in [0.1, 0.15) is 27.2 Å². The number of hydrogen-bond donors (Lipinski definition) is 0. The Bertz CT molecular complexity index is 593. The van der Waals surface area contributed by atoms with Crippen molar-refractivity contribution in [3.63, 3.8) is 0 Å². The number of ketones is 1. The number of carbonyl (C=O) groups is 1. The normalized spacial score (nSPS) is 10.4. The van der Waals surface area contributed by atoms with E-state index in [0.29, 0.717) is 12.1 Å². The Kier molecular flexibility index (Phi) is 3.92. The van der Waals surface area contributed by atoms with E-state index in [4.69, 9.17) is 0 Å². The average molecular weight is 304 g/mol. The van der Waals surface area contributed by atoms with E-state index in [2.05, 4.69) is 40.8 Å². The Morgan fingerprint density at radius 3 is 2.67 bits per heavy atom. The minimum Gasteiger partial charge on any atom is -0.292 e. The minimum atomic E-state index is 0.0331. The third-order valence-electron chi connectivity index (χ3n) is 2.96. The van der Waals surface area contributed by atoms with E-state index in [0.717, 1.165) is 10.0 Å². The molecule has 0 aliphatic rings. The van der Waals surface area contributed by atoms with Gasteiger partial charge in [0.15, 0.2) is 5.78 Å². The number of Topliss-reactive ketones (excluding diaryl/α,β-unsaturated/α-hetero) is 1. The predicted molar refractivity (Wildman–Crippen MR) is 75.9 cm³/mol. The van der Waals surface area contributed by atoms with Gasteiger partial charge in [0, 0.05) is 17.1 Å². The van der Waals surface area contributed by atoms with Crippen LogP contribution in [0, 0.1) is 13.8 Å². The number of carbonyl (C=O) groups excluding carboxylic acids is 1. The summed E-state index contributed by atoms with van der Waals surface area (Å²) in [6, 6.07) is 9.74. The number of hydrogen-bond acceptors (Lipinski definition) is 2. The molecule has 0 fully saturated rings. The first-order valence-corrected chi connectivity index (χ1v) is 6.57. The molecule has 1 aromatic carbocycles. The van der Waals surface area contributed by atoms with Gasteiger partial charge in [-0.05, 0) is 58.6 Å². The lowest BCUT2D eigenvalue weighted by Crippen LogP contribution is -2.07. The number of aromatic nitrogens is 1. The highest BCUT2D eigenvalue weighted by atomic mass is 79.9. The van der Waals surface area contributed by atoms with Crippen molar-refractivity contribution in [3.8, 4) is 0 Å². The van der Waals surface area contributed by atoms with Gasteiger partial charge in [-0.1, -0.05) is 18.2 Å². The van der Waals surface area contributed by atoms with Crippen LogP contribution in [0.4, 0.5) is 0 Å². The predicted octanol–water partition coefficient (Wildman–Crippen LogP) is 3.89. The standard InChI is InChI=1S/C15H14BrNO/c1-10-5-6-12(8-11(10)2)9-14(18)15-13(16)4-3-7-17-15/h3-8H,9H2,1-2H3. The van der Waals surface area contributed by atoms with Crippen LogP contribution < -0.4 is 0 Å². The summed E-state index contributed by atoms with van der Waals surface area (Å²) in [5.74, 6) is 0.0331. The molecule has 0 aliphatic carbocycles. The zero-order valence-electron chi connectivity index (χ0n) is 10.4. The molecule has 92 valence electrons. The summed E-state index contributed by atoms with van der Waals surface area (Å²) in [4.78, 5) is 16.3. The molecule has 2 nitrogen and oxygen atoms in total. The first kappa shape index (κ1) is 13.0. The van der Waals surface area contributed by atoms with E-state index in [-0.39, 0.29) is 5.78 Å². The molecule has 2 rings (SSSR count). The molecule has 0 atom stereocenters. The summed E-state index contributed by atoms with van der Waals surface area (Å²) in [5, 5.41) is 0. The highest BCUT2D eigenvalue weighted by Gasteiger charge is 2.12. The molecule has 0 N–H and O–H groups in total. The van der Waals surface area contributed by atoms with Gasteiger partial charge in [0.1, 0.15) is 5.69 Å². The molecule has 0 radical (unpaired) electrons. The molecule has 18 heavy (non-hydrogen) atoms. The maximum atomic E-state index is 12.1. The molecular weight excluding hydrogens is 290 g/mol. The topological polar surface area (TPSA) is 30.0 Å². The van der Waals surface area contributed by atoms with Crippen molar-refractivity contribution >= 4 is 21.7 Å². The molecule has 1 aromatic heterocycles. The Hall–Kier alpha value is -1.48. The summed E-state index contributed by atoms with van der Waals surface area (Å²) in [5.41, 5.74) is 3.97. The van der Waals surface area contributed by atoms with E-state index in [1.165, 1.54) is 11.1 Å². The van der Waals surface area contributed by atoms with Crippen molar-refractivity contribution in [3.05, 3.63) is 63.4 Å². The molecule has 0 saturated carbocycles. The van der Waals surface area contributed by atoms with Crippen LogP contribution >= 0.6 is 15.9 Å². The summed E-state index contributed by atoms with van der Waals surface area (Å²) >= 11 is 3.35. The highest BCUT2D eigenvalue weighted by molar-refractivity contribution is 9.10. The maximum Gasteiger partial charge on any atom is 0.186 e. The van der Waals surface area contributed by atoms with Gasteiger partial charge >= 0.3 is 0 Å². The molecule has 1 heterocycles. The third-order valence-corrected chi connectivity index (χ3v) is 3.60. The van der Waals surface area contributed by atoms with Crippen molar-refractivity contribution in [2.24, 2.45) is 0 Å². The van der Waals surface area contributed by atoms with Crippen molar-refractivity contribution in [1.29, 1.82) is 0 Å². The Morgan fingerprint density at radius 1 is 1.22 bits per heavy atom. The number of halogens is 1. The fourth-order valence-electron chi connectivity index (χ4n) is 1.77. The summed E-state index contributed by atoms with van der Waals surface area (Å²) < 4.78 is 0.749. The SMILES string of the molecule is Cc1ccc(CC(=O)c2ncccc2Br)cc1C. The van der Waals surface area contributed by atoms with Crippen LogP contribution in [0.15, 0.2) is 41.0 Å². The molecular formula is C15H14BrNO. The van der Waals surface area contributed by atoms with Crippen molar-refractivity contribution < 1.29 is 4.79 Å². The smallest absolute Gasteiger partial charge is 0.186 e. The molecule has 0 unspecified atom stereocenters. The minimum absolute atomic E-state index is 0.0331. The molecule has 0 amide bonds. The van der Waals surface area contributed by atoms with Crippen LogP contribution in [-0.2, 0) is 6.42 Å². The van der Waals surface area contributed by atoms with Gasteiger partial charge in [0.2, 0.25) is 0 Å². The Labute approximate surface area is 115 Å². The van der Waals surface area contributed by atoms with E-state index >= 15 is 0 Å². The maximum absolute atomic E-state index is 12.1. The van der Waals surface area contributed by atoms with Gasteiger partial charge in [-0.3, -0.25) is 9.78 Å². The van der Waals surface area contributed by atoms with Gasteiger partial charge in [0.25, 0.3) is 0 Å². The van der Waals surface area contributed by atoms with Crippen molar-refractivity contribution in [2.75, 3.05) is 0 Å². The van der Waals surface area contributed by atoms with Crippen LogP contribution in [0.3, 0.4) is 0 Å². The zero-order chi connectivity index (χ0) is 13.1. The monoisotopic (exact) mass is 303 g/mol. The molecule has 3 heteroatoms. The summed E-state index contributed by atoms with van der Waals surface area (Å²) in [6.07, 6.45) is 2.02. The number of aryl methyl sites for hydroxylation is 2. The van der Waals surface area contributed by atoms with E-state index in [1.54, 1.807) is 12.3 Å². The second-order valence-corrected chi connectivity index (χ2v) is 5.21. The van der Waals surface area contributed by atoms with Crippen molar-refractivity contribution in [1.82, 2.24) is 4.98 Å². The third kappa shape index (κ3) is 2.85. The molecule has 2 aromatic rings. The quantitative estimate of drug-likeness (QED) is 0.805. The first-order chi connectivity index (χ1) is 8.58. The fourth-order valence-corrected chi connectivity index (χ4v) is 2.25. The molecule has 0 spiro atoms. The lowest BCUT2D eigenvalue weighted by Gasteiger charge is -2.05. The van der Waals surface area contributed by atoms with Crippen LogP contribution in [0.2, 0.25) is 0 Å². The zero-order valence-corrected chi connectivity index (χ0v) is 12.0.